The van der Waals surface area contributed by atoms with Crippen molar-refractivity contribution in [2.45, 2.75) is 48.1 Å². The van der Waals surface area contributed by atoms with Gasteiger partial charge in [0.25, 0.3) is 28.8 Å². The van der Waals surface area contributed by atoms with Gasteiger partial charge < -0.3 is 93.3 Å². The minimum absolute atomic E-state index is 0. The number of piperazine rings is 3. The molecule has 3 aromatic heterocycles. The molecule has 0 spiro atoms. The molecule has 0 saturated carbocycles. The maximum absolute atomic E-state index is 13.8. The predicted molar refractivity (Wildman–Crippen MR) is 449 cm³/mol. The van der Waals surface area contributed by atoms with Crippen molar-refractivity contribution in [3.05, 3.63) is 198 Å². The number of carbonyl (C=O) groups is 6. The van der Waals surface area contributed by atoms with Crippen LogP contribution in [0.2, 0.25) is 0 Å². The van der Waals surface area contributed by atoms with E-state index >= 15 is 0 Å². The number of nitrogens with one attached hydrogen (secondary N) is 1. The molecule has 6 aromatic carbocycles. The number of aliphatic hydroxyl groups excluding tert-OH is 1. The van der Waals surface area contributed by atoms with E-state index < -0.39 is 23.5 Å². The summed E-state index contributed by atoms with van der Waals surface area (Å²) in [5, 5.41) is 10.7. The molecule has 0 unspecified atom stereocenters. The second-order valence-electron chi connectivity index (χ2n) is 28.8. The van der Waals surface area contributed by atoms with Crippen molar-refractivity contribution in [1.82, 2.24) is 43.9 Å². The van der Waals surface area contributed by atoms with Crippen LogP contribution in [0.5, 0.6) is 23.1 Å². The zero-order chi connectivity index (χ0) is 83.2. The van der Waals surface area contributed by atoms with E-state index in [1.54, 1.807) is 129 Å². The van der Waals surface area contributed by atoms with Crippen LogP contribution < -0.4 is 74.3 Å². The van der Waals surface area contributed by atoms with Gasteiger partial charge in [-0.15, -0.1) is 0 Å². The van der Waals surface area contributed by atoms with Gasteiger partial charge in [0, 0.05) is 138 Å². The Labute approximate surface area is 702 Å². The van der Waals surface area contributed by atoms with Gasteiger partial charge in [0.1, 0.15) is 40.5 Å². The molecule has 0 radical (unpaired) electrons. The average Bonchev–Trinajstić information content (AvgIpc) is 0.758. The molecule has 616 valence electrons. The number of nitrogens with zero attached hydrogens (tertiary/aromatic N) is 11. The molecule has 9 aromatic rings. The number of esters is 3. The van der Waals surface area contributed by atoms with Crippen LogP contribution >= 0.6 is 0 Å². The quantitative estimate of drug-likeness (QED) is 0.0382. The fourth-order valence-electron chi connectivity index (χ4n) is 13.7. The number of hydrogen-bond acceptors (Lipinski definition) is 23. The standard InChI is InChI=1S/2C29H36N4O5.C25H27N3O5.C4H11NO.Na.H/c1-6-38-29(36)25-26(23-19-20(2)7-12-24(23)33(28(25)35)18-13-30(3)4)31-14-16-32(17-15-31)27(34)21-8-10-22(37-5)11-9-21;1-6-37-29(35)25-26(23-19-20(2)7-12-24(23)30-27(25)38-18-17-31(3)4)32-13-15-33(16-14-32)28(34)21-8-10-22(36-5)11-9-21;1-4-33-25(31)21-22(19-15-16(2)5-10-20(19)26-23(21)29)27-11-13-28(14-12-27)24(30)17-6-8-18(32-3)9-7-17;1-5(2)3-4-6;;/h2*7-12,19H,6,13-18H2,1-5H3;5-10,15H,4,11-14H2,1-3H3,(H,26,29);6H,3-4H2,1-2H3;;/q;;;;+1;-1. The Morgan fingerprint density at radius 1 is 0.457 bits per heavy atom. The molecule has 2 N–H and O–H groups in total. The summed E-state index contributed by atoms with van der Waals surface area (Å²) in [6.45, 7) is 20.9. The molecule has 6 heterocycles. The number of aryl methyl sites for hydroxylation is 3. The molecule has 29 heteroatoms. The number of carbonyl (C=O) groups excluding carboxylic acids is 6. The van der Waals surface area contributed by atoms with E-state index in [2.05, 4.69) is 9.88 Å². The molecular weight excluding hydrogens is 1490 g/mol. The number of aliphatic hydroxyl groups is 1. The second-order valence-corrected chi connectivity index (χ2v) is 28.8. The summed E-state index contributed by atoms with van der Waals surface area (Å²) in [4.78, 5) is 130. The number of aromatic amines is 1. The predicted octanol–water partition coefficient (Wildman–Crippen LogP) is 6.29. The van der Waals surface area contributed by atoms with Crippen molar-refractivity contribution in [3.8, 4) is 23.1 Å². The molecular formula is C87H111N12NaO16. The summed E-state index contributed by atoms with van der Waals surface area (Å²) in [5.41, 5.74) is 8.54. The Bertz CT molecular complexity index is 4980. The van der Waals surface area contributed by atoms with Crippen molar-refractivity contribution in [1.29, 1.82) is 0 Å². The minimum Gasteiger partial charge on any atom is -1.00 e. The molecule has 28 nitrogen and oxygen atoms in total. The smallest absolute Gasteiger partial charge is 1.00 e. The summed E-state index contributed by atoms with van der Waals surface area (Å²) < 4.78 is 39.3. The fourth-order valence-corrected chi connectivity index (χ4v) is 13.7. The van der Waals surface area contributed by atoms with Crippen molar-refractivity contribution in [2.75, 3.05) is 210 Å². The number of methoxy groups -OCH3 is 3. The van der Waals surface area contributed by atoms with E-state index in [1.165, 1.54) is 0 Å². The topological polar surface area (TPSA) is 284 Å². The first-order valence-electron chi connectivity index (χ1n) is 38.8. The molecule has 116 heavy (non-hydrogen) atoms. The fraction of sp³-hybridized carbons (Fsp3) is 0.414. The van der Waals surface area contributed by atoms with E-state index in [4.69, 9.17) is 43.2 Å². The number of rotatable bonds is 24. The van der Waals surface area contributed by atoms with Gasteiger partial charge in [-0.2, -0.15) is 0 Å². The van der Waals surface area contributed by atoms with Crippen molar-refractivity contribution in [2.24, 2.45) is 0 Å². The number of ether oxygens (including phenoxy) is 7. The molecule has 12 rings (SSSR count). The number of amides is 3. The molecule has 3 fully saturated rings. The van der Waals surface area contributed by atoms with E-state index in [1.807, 2.05) is 147 Å². The Balaban J connectivity index is 0.000000232. The van der Waals surface area contributed by atoms with E-state index in [-0.39, 0.29) is 97.7 Å². The number of likely N-dealkylation sites (N-methyl/N-ethyl adjacent to an activating group) is 3. The van der Waals surface area contributed by atoms with Crippen LogP contribution in [0.4, 0.5) is 17.1 Å². The van der Waals surface area contributed by atoms with Gasteiger partial charge in [0.15, 0.2) is 0 Å². The summed E-state index contributed by atoms with van der Waals surface area (Å²) in [6.07, 6.45) is 0. The van der Waals surface area contributed by atoms with Crippen molar-refractivity contribution >= 4 is 85.4 Å². The van der Waals surface area contributed by atoms with Crippen LogP contribution in [-0.2, 0) is 20.8 Å². The zero-order valence-corrected chi connectivity index (χ0v) is 72.0. The number of hydrogen-bond donors (Lipinski definition) is 2. The average molecular weight is 1600 g/mol. The SMILES string of the molecule is CCOC(=O)c1c(N2CCN(C(=O)c3ccc(OC)cc3)CC2)c2cc(C)ccc2[nH]c1=O.CCOC(=O)c1c(N2CCN(C(=O)c3ccc(OC)cc3)CC2)c2cc(C)ccc2n(CCN(C)C)c1=O.CCOC(=O)c1c(OCCN(C)C)nc2ccc(C)cc2c1N1CCN(C(=O)c2ccc(OC)cc2)CC1.CN(C)CCO.[H-].[Na+]. The van der Waals surface area contributed by atoms with Gasteiger partial charge >= 0.3 is 47.5 Å². The van der Waals surface area contributed by atoms with Gasteiger partial charge in [-0.1, -0.05) is 34.9 Å². The van der Waals surface area contributed by atoms with E-state index in [0.717, 1.165) is 56.1 Å². The van der Waals surface area contributed by atoms with Gasteiger partial charge in [-0.3, -0.25) is 24.0 Å². The van der Waals surface area contributed by atoms with Crippen molar-refractivity contribution in [3.63, 3.8) is 0 Å². The number of anilines is 3. The first-order valence-corrected chi connectivity index (χ1v) is 38.8. The third kappa shape index (κ3) is 22.9. The first-order chi connectivity index (χ1) is 55.3. The summed E-state index contributed by atoms with van der Waals surface area (Å²) in [5.74, 6) is 0.498. The molecule has 3 aliphatic rings. The maximum atomic E-state index is 13.8. The van der Waals surface area contributed by atoms with Gasteiger partial charge in [-0.05, 0) is 193 Å². The number of benzene rings is 6. The Morgan fingerprint density at radius 2 is 0.828 bits per heavy atom. The Morgan fingerprint density at radius 3 is 1.22 bits per heavy atom. The number of aromatic nitrogens is 3. The summed E-state index contributed by atoms with van der Waals surface area (Å²) in [7, 11) is 16.5. The van der Waals surface area contributed by atoms with Crippen LogP contribution in [0.3, 0.4) is 0 Å². The molecule has 3 saturated heterocycles. The molecule has 3 amide bonds. The molecule has 0 atom stereocenters. The van der Waals surface area contributed by atoms with Crippen molar-refractivity contribution < 1.29 is 98.0 Å². The van der Waals surface area contributed by atoms with Crippen LogP contribution in [0.25, 0.3) is 32.7 Å². The summed E-state index contributed by atoms with van der Waals surface area (Å²) in [6, 6.07) is 38.9. The first kappa shape index (κ1) is 90.9. The van der Waals surface area contributed by atoms with Crippen LogP contribution in [0, 0.1) is 20.8 Å². The third-order valence-corrected chi connectivity index (χ3v) is 19.8. The van der Waals surface area contributed by atoms with Gasteiger partial charge in [-0.25, -0.2) is 19.4 Å². The van der Waals surface area contributed by atoms with Gasteiger partial charge in [0.05, 0.1) is 81.4 Å². The van der Waals surface area contributed by atoms with Crippen LogP contribution in [0.15, 0.2) is 137 Å². The molecule has 3 aliphatic heterocycles. The second kappa shape index (κ2) is 43.4. The van der Waals surface area contributed by atoms with Crippen LogP contribution in [-0.4, -0.2) is 279 Å². The van der Waals surface area contributed by atoms with Gasteiger partial charge in [0.2, 0.25) is 5.88 Å². The monoisotopic (exact) mass is 1600 g/mol. The number of fused-ring (bicyclic) bond motifs is 3. The third-order valence-electron chi connectivity index (χ3n) is 19.8. The normalized spacial score (nSPS) is 13.4. The minimum atomic E-state index is -0.645. The largest absolute Gasteiger partial charge is 1.00 e. The summed E-state index contributed by atoms with van der Waals surface area (Å²) >= 11 is 0. The Hall–Kier alpha value is -10.6. The zero-order valence-electron chi connectivity index (χ0n) is 71.0. The maximum Gasteiger partial charge on any atom is 1.00 e. The molecule has 0 aliphatic carbocycles. The number of H-pyrrole nitrogens is 1. The van der Waals surface area contributed by atoms with Crippen LogP contribution in [0.1, 0.15) is 101 Å². The Kier molecular flexibility index (Phi) is 34.0. The van der Waals surface area contributed by atoms with E-state index in [0.29, 0.717) is 161 Å². The number of pyridine rings is 3. The van der Waals surface area contributed by atoms with E-state index in [9.17, 15) is 38.4 Å². The molecule has 0 bridgehead atoms.